The van der Waals surface area contributed by atoms with Crippen LogP contribution >= 0.6 is 0 Å². The minimum atomic E-state index is 0. The molecule has 5 heteroatoms. The molecule has 0 unspecified atom stereocenters. The molecule has 0 aromatic rings. The number of rotatable bonds is 0. The summed E-state index contributed by atoms with van der Waals surface area (Å²) in [5.41, 5.74) is 0. The summed E-state index contributed by atoms with van der Waals surface area (Å²) in [7, 11) is 0. The van der Waals surface area contributed by atoms with Crippen LogP contribution < -0.4 is 0 Å². The molecule has 0 N–H and O–H groups in total. The summed E-state index contributed by atoms with van der Waals surface area (Å²) >= 11 is 2.31. The zero-order valence-corrected chi connectivity index (χ0v) is 9.09. The van der Waals surface area contributed by atoms with Gasteiger partial charge in [-0.15, -0.1) is 0 Å². The topological polar surface area (TPSA) is 17.1 Å². The number of hydrogen-bond donors (Lipinski definition) is 0. The van der Waals surface area contributed by atoms with Crippen molar-refractivity contribution in [3.05, 3.63) is 0 Å². The summed E-state index contributed by atoms with van der Waals surface area (Å²) in [4.78, 5) is 0. The molecular weight excluding hydrogens is 180 g/mol. The molecular formula is CoNa2NiO. The molecule has 0 aliphatic heterocycles. The maximum absolute atomic E-state index is 7.94. The molecule has 0 aromatic heterocycles. The van der Waals surface area contributed by atoms with E-state index in [1.165, 1.54) is 0 Å². The van der Waals surface area contributed by atoms with Gasteiger partial charge in [0, 0.05) is 75.6 Å². The van der Waals surface area contributed by atoms with E-state index in [0.29, 0.717) is 0 Å². The van der Waals surface area contributed by atoms with E-state index in [9.17, 15) is 0 Å². The molecule has 0 bridgehead atoms. The molecule has 27 valence electrons. The van der Waals surface area contributed by atoms with Crippen molar-refractivity contribution in [2.75, 3.05) is 0 Å². The third kappa shape index (κ3) is 20.0. The Morgan fingerprint density at radius 2 is 1.00 bits per heavy atom. The van der Waals surface area contributed by atoms with Crippen LogP contribution in [0.25, 0.3) is 0 Å². The summed E-state index contributed by atoms with van der Waals surface area (Å²) in [5.74, 6) is 0. The Balaban J connectivity index is -0.00000000167. The van der Waals surface area contributed by atoms with Crippen molar-refractivity contribution in [2.24, 2.45) is 0 Å². The first-order valence-corrected chi connectivity index (χ1v) is 0.561. The van der Waals surface area contributed by atoms with E-state index < -0.39 is 0 Å². The van der Waals surface area contributed by atoms with Crippen molar-refractivity contribution in [1.29, 1.82) is 0 Å². The summed E-state index contributed by atoms with van der Waals surface area (Å²) in [6.45, 7) is 0. The van der Waals surface area contributed by atoms with E-state index in [2.05, 4.69) is 15.7 Å². The molecule has 0 aliphatic rings. The Hall–Kier alpha value is 2.80. The SMILES string of the molecule is [Na].[Na].[Ni].[O]=[Co]. The summed E-state index contributed by atoms with van der Waals surface area (Å²) < 4.78 is 7.94. The zero-order chi connectivity index (χ0) is 2.00. The fourth-order valence-corrected chi connectivity index (χ4v) is 0. The molecule has 0 amide bonds. The number of hydrogen-bond acceptors (Lipinski definition) is 1. The predicted molar refractivity (Wildman–Crippen MR) is 12.2 cm³/mol. The first kappa shape index (κ1) is 25.0. The summed E-state index contributed by atoms with van der Waals surface area (Å²) in [5, 5.41) is 0. The van der Waals surface area contributed by atoms with Crippen molar-refractivity contribution < 1.29 is 36.0 Å². The van der Waals surface area contributed by atoms with Crippen molar-refractivity contribution in [2.45, 2.75) is 0 Å². The van der Waals surface area contributed by atoms with E-state index in [4.69, 9.17) is 3.87 Å². The van der Waals surface area contributed by atoms with Gasteiger partial charge in [0.1, 0.15) is 0 Å². The first-order valence-electron chi connectivity index (χ1n) is 0.136. The Morgan fingerprint density at radius 3 is 1.00 bits per heavy atom. The van der Waals surface area contributed by atoms with Crippen molar-refractivity contribution >= 4 is 59.1 Å². The zero-order valence-electron chi connectivity index (χ0n) is 3.06. The van der Waals surface area contributed by atoms with Gasteiger partial charge in [-0.25, -0.2) is 0 Å². The second kappa shape index (κ2) is 29.2. The van der Waals surface area contributed by atoms with E-state index >= 15 is 0 Å². The van der Waals surface area contributed by atoms with Crippen LogP contribution in [0.3, 0.4) is 0 Å². The average Bonchev–Trinajstić information content (AvgIpc) is 1.00. The Bertz CT molecular complexity index is 9.61. The Kier molecular flexibility index (Phi) is 146. The van der Waals surface area contributed by atoms with Gasteiger partial charge in [0.05, 0.1) is 0 Å². The fourth-order valence-electron chi connectivity index (χ4n) is 0. The van der Waals surface area contributed by atoms with Crippen molar-refractivity contribution in [3.8, 4) is 0 Å². The van der Waals surface area contributed by atoms with Gasteiger partial charge in [0.2, 0.25) is 0 Å². The van der Waals surface area contributed by atoms with Gasteiger partial charge >= 0.3 is 19.5 Å². The molecule has 5 heavy (non-hydrogen) atoms. The molecule has 0 spiro atoms. The average molecular weight is 180 g/mol. The third-order valence-electron chi connectivity index (χ3n) is 0. The molecule has 0 rings (SSSR count). The van der Waals surface area contributed by atoms with Gasteiger partial charge in [0.15, 0.2) is 0 Å². The molecule has 0 atom stereocenters. The molecule has 2 radical (unpaired) electrons. The monoisotopic (exact) mass is 179 g/mol. The molecule has 0 fully saturated rings. The molecule has 0 aliphatic carbocycles. The van der Waals surface area contributed by atoms with Gasteiger partial charge in [0.25, 0.3) is 0 Å². The van der Waals surface area contributed by atoms with Crippen LogP contribution in [0.4, 0.5) is 0 Å². The standard InChI is InChI=1S/Co.2Na.Ni.O. The van der Waals surface area contributed by atoms with E-state index in [1.54, 1.807) is 0 Å². The maximum atomic E-state index is 7.94. The summed E-state index contributed by atoms with van der Waals surface area (Å²) in [6.07, 6.45) is 0. The molecule has 0 heterocycles. The van der Waals surface area contributed by atoms with E-state index in [1.807, 2.05) is 0 Å². The van der Waals surface area contributed by atoms with Gasteiger partial charge in [-0.2, -0.15) is 0 Å². The van der Waals surface area contributed by atoms with Crippen LogP contribution in [-0.2, 0) is 36.0 Å². The van der Waals surface area contributed by atoms with Crippen LogP contribution in [0.5, 0.6) is 0 Å². The molecule has 0 aromatic carbocycles. The van der Waals surface area contributed by atoms with E-state index in [-0.39, 0.29) is 75.6 Å². The van der Waals surface area contributed by atoms with E-state index in [0.717, 1.165) is 0 Å². The Morgan fingerprint density at radius 1 is 1.00 bits per heavy atom. The van der Waals surface area contributed by atoms with Crippen LogP contribution in [0.15, 0.2) is 0 Å². The van der Waals surface area contributed by atoms with Crippen LogP contribution in [-0.4, -0.2) is 59.1 Å². The van der Waals surface area contributed by atoms with Crippen LogP contribution in [0, 0.1) is 0 Å². The normalized spacial score (nSPS) is 1.00. The molecule has 0 saturated heterocycles. The van der Waals surface area contributed by atoms with Gasteiger partial charge in [-0.3, -0.25) is 0 Å². The second-order valence-corrected chi connectivity index (χ2v) is 0. The third-order valence-corrected chi connectivity index (χ3v) is 0. The van der Waals surface area contributed by atoms with Crippen molar-refractivity contribution in [1.82, 2.24) is 0 Å². The van der Waals surface area contributed by atoms with Gasteiger partial charge in [-0.1, -0.05) is 0 Å². The fraction of sp³-hybridized carbons (Fsp3) is 0. The Labute approximate surface area is 93.3 Å². The quantitative estimate of drug-likeness (QED) is 0.442. The molecule has 1 nitrogen and oxygen atoms in total. The second-order valence-electron chi connectivity index (χ2n) is 0. The van der Waals surface area contributed by atoms with Crippen molar-refractivity contribution in [3.63, 3.8) is 0 Å². The predicted octanol–water partition coefficient (Wildman–Crippen LogP) is -0.885. The minimum absolute atomic E-state index is 0. The first-order chi connectivity index (χ1) is 1.00. The van der Waals surface area contributed by atoms with Gasteiger partial charge < -0.3 is 0 Å². The van der Waals surface area contributed by atoms with Crippen LogP contribution in [0.1, 0.15) is 0 Å². The van der Waals surface area contributed by atoms with Crippen LogP contribution in [0.2, 0.25) is 0 Å². The van der Waals surface area contributed by atoms with Gasteiger partial charge in [-0.05, 0) is 0 Å². The summed E-state index contributed by atoms with van der Waals surface area (Å²) in [6, 6.07) is 0. The molecule has 0 saturated carbocycles.